The zero-order chi connectivity index (χ0) is 20.7. The van der Waals surface area contributed by atoms with E-state index < -0.39 is 10.0 Å². The molecule has 1 amide bonds. The van der Waals surface area contributed by atoms with Gasteiger partial charge in [-0.3, -0.25) is 9.52 Å². The summed E-state index contributed by atoms with van der Waals surface area (Å²) in [5, 5.41) is 3.56. The Morgan fingerprint density at radius 3 is 2.34 bits per heavy atom. The fourth-order valence-corrected chi connectivity index (χ4v) is 3.98. The minimum absolute atomic E-state index is 0.164. The van der Waals surface area contributed by atoms with Crippen LogP contribution in [0.15, 0.2) is 83.8 Å². The van der Waals surface area contributed by atoms with Crippen molar-refractivity contribution in [3.63, 3.8) is 0 Å². The summed E-state index contributed by atoms with van der Waals surface area (Å²) in [5.41, 5.74) is 1.88. The van der Waals surface area contributed by atoms with E-state index in [1.807, 2.05) is 24.3 Å². The molecule has 150 valence electrons. The van der Waals surface area contributed by atoms with E-state index in [2.05, 4.69) is 10.0 Å². The smallest absolute Gasteiger partial charge is 0.261 e. The third kappa shape index (κ3) is 6.07. The fraction of sp³-hybridized carbons (Fsp3) is 0.136. The number of hydrogen-bond donors (Lipinski definition) is 2. The summed E-state index contributed by atoms with van der Waals surface area (Å²) < 4.78 is 27.4. The molecule has 0 saturated carbocycles. The maximum atomic E-state index is 12.4. The van der Waals surface area contributed by atoms with Gasteiger partial charge in [0.2, 0.25) is 0 Å². The first-order chi connectivity index (χ1) is 13.9. The number of nitrogens with one attached hydrogen (secondary N) is 2. The van der Waals surface area contributed by atoms with Crippen molar-refractivity contribution in [3.05, 3.63) is 95.0 Å². The Balaban J connectivity index is 1.56. The lowest BCUT2D eigenvalue weighted by Crippen LogP contribution is -2.25. The standard InChI is InChI=1S/C22H21ClN2O3S/c23-19-13-11-17(12-14-19)6-5-15-24-22(26)18-7-4-8-20(16-18)25-29(27,28)21-9-2-1-3-10-21/h1-4,7-14,16,25H,5-6,15H2,(H,24,26). The van der Waals surface area contributed by atoms with Gasteiger partial charge in [0.05, 0.1) is 4.90 Å². The first kappa shape index (κ1) is 20.9. The summed E-state index contributed by atoms with van der Waals surface area (Å²) in [4.78, 5) is 12.5. The topological polar surface area (TPSA) is 75.3 Å². The molecule has 3 aromatic carbocycles. The predicted octanol–water partition coefficient (Wildman–Crippen LogP) is 4.50. The minimum Gasteiger partial charge on any atom is -0.352 e. The van der Waals surface area contributed by atoms with E-state index in [1.54, 1.807) is 36.4 Å². The SMILES string of the molecule is O=C(NCCCc1ccc(Cl)cc1)c1cccc(NS(=O)(=O)c2ccccc2)c1. The van der Waals surface area contributed by atoms with Crippen molar-refractivity contribution in [2.24, 2.45) is 0 Å². The molecule has 0 atom stereocenters. The van der Waals surface area contributed by atoms with Gasteiger partial charge in [-0.15, -0.1) is 0 Å². The molecule has 7 heteroatoms. The van der Waals surface area contributed by atoms with Crippen LogP contribution in [0, 0.1) is 0 Å². The van der Waals surface area contributed by atoms with Crippen LogP contribution in [0.25, 0.3) is 0 Å². The molecule has 3 rings (SSSR count). The van der Waals surface area contributed by atoms with Crippen LogP contribution >= 0.6 is 11.6 Å². The van der Waals surface area contributed by atoms with Crippen molar-refractivity contribution >= 4 is 33.2 Å². The lowest BCUT2D eigenvalue weighted by molar-refractivity contribution is 0.0953. The highest BCUT2D eigenvalue weighted by molar-refractivity contribution is 7.92. The molecule has 0 heterocycles. The van der Waals surface area contributed by atoms with E-state index in [1.165, 1.54) is 18.2 Å². The highest BCUT2D eigenvalue weighted by atomic mass is 35.5. The Morgan fingerprint density at radius 2 is 1.62 bits per heavy atom. The number of anilines is 1. The number of amides is 1. The molecule has 5 nitrogen and oxygen atoms in total. The minimum atomic E-state index is -3.70. The van der Waals surface area contributed by atoms with Crippen LogP contribution in [-0.4, -0.2) is 20.9 Å². The van der Waals surface area contributed by atoms with Crippen LogP contribution in [0.5, 0.6) is 0 Å². The largest absolute Gasteiger partial charge is 0.352 e. The number of carbonyl (C=O) groups excluding carboxylic acids is 1. The van der Waals surface area contributed by atoms with Gasteiger partial charge in [0, 0.05) is 22.8 Å². The normalized spacial score (nSPS) is 11.1. The van der Waals surface area contributed by atoms with Crippen molar-refractivity contribution < 1.29 is 13.2 Å². The van der Waals surface area contributed by atoms with Gasteiger partial charge in [-0.25, -0.2) is 8.42 Å². The monoisotopic (exact) mass is 428 g/mol. The van der Waals surface area contributed by atoms with Gasteiger partial charge < -0.3 is 5.32 Å². The van der Waals surface area contributed by atoms with E-state index in [-0.39, 0.29) is 10.8 Å². The van der Waals surface area contributed by atoms with E-state index in [4.69, 9.17) is 11.6 Å². The Kier molecular flexibility index (Phi) is 6.90. The van der Waals surface area contributed by atoms with Gasteiger partial charge in [0.1, 0.15) is 0 Å². The quantitative estimate of drug-likeness (QED) is 0.518. The second kappa shape index (κ2) is 9.58. The van der Waals surface area contributed by atoms with Crippen LogP contribution in [-0.2, 0) is 16.4 Å². The lowest BCUT2D eigenvalue weighted by Gasteiger charge is -2.10. The second-order valence-corrected chi connectivity index (χ2v) is 8.60. The highest BCUT2D eigenvalue weighted by Gasteiger charge is 2.14. The number of carbonyl (C=O) groups is 1. The lowest BCUT2D eigenvalue weighted by atomic mass is 10.1. The molecular formula is C22H21ClN2O3S. The van der Waals surface area contributed by atoms with Gasteiger partial charge in [0.15, 0.2) is 0 Å². The maximum Gasteiger partial charge on any atom is 0.261 e. The van der Waals surface area contributed by atoms with Crippen molar-refractivity contribution in [1.29, 1.82) is 0 Å². The molecule has 0 bridgehead atoms. The average Bonchev–Trinajstić information content (AvgIpc) is 2.73. The van der Waals surface area contributed by atoms with E-state index in [0.29, 0.717) is 22.8 Å². The van der Waals surface area contributed by atoms with Gasteiger partial charge in [-0.1, -0.05) is 48.0 Å². The average molecular weight is 429 g/mol. The summed E-state index contributed by atoms with van der Waals surface area (Å²) in [6, 6.07) is 22.1. The van der Waals surface area contributed by atoms with Gasteiger partial charge in [-0.05, 0) is 60.9 Å². The summed E-state index contributed by atoms with van der Waals surface area (Å²) >= 11 is 5.87. The molecule has 0 saturated heterocycles. The van der Waals surface area contributed by atoms with Crippen LogP contribution in [0.4, 0.5) is 5.69 Å². The van der Waals surface area contributed by atoms with Crippen molar-refractivity contribution in [2.45, 2.75) is 17.7 Å². The maximum absolute atomic E-state index is 12.4. The first-order valence-corrected chi connectivity index (χ1v) is 11.0. The Bertz CT molecular complexity index is 1070. The number of sulfonamides is 1. The molecule has 0 radical (unpaired) electrons. The van der Waals surface area contributed by atoms with Crippen LogP contribution < -0.4 is 10.0 Å². The Morgan fingerprint density at radius 1 is 0.897 bits per heavy atom. The summed E-state index contributed by atoms with van der Waals surface area (Å²) in [6.07, 6.45) is 1.61. The van der Waals surface area contributed by atoms with E-state index in [9.17, 15) is 13.2 Å². The predicted molar refractivity (Wildman–Crippen MR) is 116 cm³/mol. The van der Waals surface area contributed by atoms with Crippen molar-refractivity contribution in [2.75, 3.05) is 11.3 Å². The molecule has 0 aliphatic heterocycles. The summed E-state index contributed by atoms with van der Waals surface area (Å²) in [6.45, 7) is 0.515. The zero-order valence-corrected chi connectivity index (χ0v) is 17.2. The molecule has 3 aromatic rings. The molecule has 2 N–H and O–H groups in total. The van der Waals surface area contributed by atoms with E-state index in [0.717, 1.165) is 18.4 Å². The molecule has 0 aliphatic carbocycles. The van der Waals surface area contributed by atoms with E-state index >= 15 is 0 Å². The number of halogens is 1. The van der Waals surface area contributed by atoms with Crippen molar-refractivity contribution in [3.8, 4) is 0 Å². The highest BCUT2D eigenvalue weighted by Crippen LogP contribution is 2.17. The van der Waals surface area contributed by atoms with Gasteiger partial charge in [-0.2, -0.15) is 0 Å². The number of aryl methyl sites for hydroxylation is 1. The van der Waals surface area contributed by atoms with Crippen LogP contribution in [0.1, 0.15) is 22.3 Å². The molecule has 0 unspecified atom stereocenters. The third-order valence-corrected chi connectivity index (χ3v) is 5.92. The molecule has 29 heavy (non-hydrogen) atoms. The van der Waals surface area contributed by atoms with Crippen LogP contribution in [0.3, 0.4) is 0 Å². The number of benzene rings is 3. The molecule has 0 aliphatic rings. The fourth-order valence-electron chi connectivity index (χ4n) is 2.79. The first-order valence-electron chi connectivity index (χ1n) is 9.15. The Labute approximate surface area is 175 Å². The van der Waals surface area contributed by atoms with Crippen LogP contribution in [0.2, 0.25) is 5.02 Å². The van der Waals surface area contributed by atoms with Crippen molar-refractivity contribution in [1.82, 2.24) is 5.32 Å². The number of hydrogen-bond acceptors (Lipinski definition) is 3. The van der Waals surface area contributed by atoms with Gasteiger partial charge >= 0.3 is 0 Å². The molecular weight excluding hydrogens is 408 g/mol. The summed E-state index contributed by atoms with van der Waals surface area (Å²) in [7, 11) is -3.70. The second-order valence-electron chi connectivity index (χ2n) is 6.49. The zero-order valence-electron chi connectivity index (χ0n) is 15.6. The Hall–Kier alpha value is -2.83. The molecule has 0 spiro atoms. The number of rotatable bonds is 8. The molecule has 0 aromatic heterocycles. The third-order valence-electron chi connectivity index (χ3n) is 4.27. The van der Waals surface area contributed by atoms with Gasteiger partial charge in [0.25, 0.3) is 15.9 Å². The molecule has 0 fully saturated rings. The summed E-state index contributed by atoms with van der Waals surface area (Å²) in [5.74, 6) is -0.248.